The summed E-state index contributed by atoms with van der Waals surface area (Å²) in [5, 5.41) is 3.39. The van der Waals surface area contributed by atoms with Gasteiger partial charge in [0.15, 0.2) is 0 Å². The lowest BCUT2D eigenvalue weighted by atomic mass is 10.0. The molecular formula is C12H17N3O. The number of nitrogens with one attached hydrogen (secondary N) is 1. The van der Waals surface area contributed by atoms with Crippen LogP contribution in [0.15, 0.2) is 24.5 Å². The van der Waals surface area contributed by atoms with Gasteiger partial charge in [0.2, 0.25) is 0 Å². The van der Waals surface area contributed by atoms with E-state index in [-0.39, 0.29) is 11.4 Å². The van der Waals surface area contributed by atoms with Gasteiger partial charge in [-0.25, -0.2) is 0 Å². The molecule has 2 heterocycles. The minimum Gasteiger partial charge on any atom is -0.336 e. The molecule has 1 amide bonds. The van der Waals surface area contributed by atoms with E-state index >= 15 is 0 Å². The van der Waals surface area contributed by atoms with E-state index in [0.717, 1.165) is 19.6 Å². The minimum absolute atomic E-state index is 0.000933. The molecule has 1 fully saturated rings. The Bertz CT molecular complexity index is 375. The number of pyridine rings is 1. The zero-order valence-electron chi connectivity index (χ0n) is 9.73. The highest BCUT2D eigenvalue weighted by Gasteiger charge is 2.28. The first-order valence-corrected chi connectivity index (χ1v) is 5.53. The number of nitrogens with zero attached hydrogens (tertiary/aromatic N) is 2. The van der Waals surface area contributed by atoms with E-state index in [9.17, 15) is 4.79 Å². The molecule has 1 aromatic heterocycles. The van der Waals surface area contributed by atoms with Crippen molar-refractivity contribution in [2.75, 3.05) is 19.6 Å². The van der Waals surface area contributed by atoms with Crippen LogP contribution in [0.4, 0.5) is 0 Å². The maximum atomic E-state index is 12.2. The molecule has 4 nitrogen and oxygen atoms in total. The lowest BCUT2D eigenvalue weighted by Gasteiger charge is -2.39. The van der Waals surface area contributed by atoms with Crippen LogP contribution in [0, 0.1) is 0 Å². The number of piperazine rings is 1. The average Bonchev–Trinajstić information content (AvgIpc) is 2.28. The summed E-state index contributed by atoms with van der Waals surface area (Å²) in [5.74, 6) is 0.0944. The Morgan fingerprint density at radius 3 is 2.75 bits per heavy atom. The maximum Gasteiger partial charge on any atom is 0.254 e. The first-order chi connectivity index (χ1) is 7.58. The van der Waals surface area contributed by atoms with Gasteiger partial charge in [-0.2, -0.15) is 0 Å². The van der Waals surface area contributed by atoms with Gasteiger partial charge in [0, 0.05) is 43.1 Å². The van der Waals surface area contributed by atoms with Gasteiger partial charge in [-0.15, -0.1) is 0 Å². The quantitative estimate of drug-likeness (QED) is 0.763. The summed E-state index contributed by atoms with van der Waals surface area (Å²) in [6.45, 7) is 6.58. The van der Waals surface area contributed by atoms with E-state index in [1.807, 2.05) is 4.90 Å². The second-order valence-corrected chi connectivity index (χ2v) is 4.77. The second kappa shape index (κ2) is 4.22. The minimum atomic E-state index is 0.000933. The topological polar surface area (TPSA) is 45.2 Å². The molecule has 0 unspecified atom stereocenters. The molecule has 0 bridgehead atoms. The average molecular weight is 219 g/mol. The summed E-state index contributed by atoms with van der Waals surface area (Å²) < 4.78 is 0. The standard InChI is InChI=1S/C12H17N3O/c1-12(2)9-15(8-7-14-12)11(16)10-3-5-13-6-4-10/h3-6,14H,7-9H2,1-2H3. The van der Waals surface area contributed by atoms with Crippen molar-refractivity contribution in [1.82, 2.24) is 15.2 Å². The first kappa shape index (κ1) is 11.1. The molecule has 1 aromatic rings. The fourth-order valence-corrected chi connectivity index (χ4v) is 1.99. The number of carbonyl (C=O) groups is 1. The molecule has 0 saturated carbocycles. The molecule has 16 heavy (non-hydrogen) atoms. The summed E-state index contributed by atoms with van der Waals surface area (Å²) in [5.41, 5.74) is 0.716. The second-order valence-electron chi connectivity index (χ2n) is 4.77. The number of amides is 1. The molecule has 0 aliphatic carbocycles. The van der Waals surface area contributed by atoms with Crippen molar-refractivity contribution in [3.05, 3.63) is 30.1 Å². The Morgan fingerprint density at radius 1 is 1.44 bits per heavy atom. The third-order valence-corrected chi connectivity index (χ3v) is 2.79. The maximum absolute atomic E-state index is 12.2. The molecule has 86 valence electrons. The van der Waals surface area contributed by atoms with Crippen molar-refractivity contribution < 1.29 is 4.79 Å². The Hall–Kier alpha value is -1.42. The predicted molar refractivity (Wildman–Crippen MR) is 62.2 cm³/mol. The Labute approximate surface area is 95.7 Å². The van der Waals surface area contributed by atoms with Gasteiger partial charge in [-0.05, 0) is 26.0 Å². The SMILES string of the molecule is CC1(C)CN(C(=O)c2ccncc2)CCN1. The number of carbonyl (C=O) groups excluding carboxylic acids is 1. The van der Waals surface area contributed by atoms with E-state index in [2.05, 4.69) is 24.1 Å². The number of hydrogen-bond acceptors (Lipinski definition) is 3. The summed E-state index contributed by atoms with van der Waals surface area (Å²) in [4.78, 5) is 18.0. The van der Waals surface area contributed by atoms with Crippen molar-refractivity contribution >= 4 is 5.91 Å². The van der Waals surface area contributed by atoms with Gasteiger partial charge in [-0.3, -0.25) is 9.78 Å². The molecule has 1 aliphatic heterocycles. The van der Waals surface area contributed by atoms with Crippen molar-refractivity contribution in [3.8, 4) is 0 Å². The van der Waals surface area contributed by atoms with E-state index in [1.165, 1.54) is 0 Å². The molecule has 1 N–H and O–H groups in total. The smallest absolute Gasteiger partial charge is 0.254 e. The van der Waals surface area contributed by atoms with E-state index in [4.69, 9.17) is 0 Å². The van der Waals surface area contributed by atoms with Crippen LogP contribution in [-0.2, 0) is 0 Å². The summed E-state index contributed by atoms with van der Waals surface area (Å²) in [7, 11) is 0. The highest BCUT2D eigenvalue weighted by Crippen LogP contribution is 2.13. The number of hydrogen-bond donors (Lipinski definition) is 1. The van der Waals surface area contributed by atoms with Crippen LogP contribution in [0.1, 0.15) is 24.2 Å². The van der Waals surface area contributed by atoms with Crippen molar-refractivity contribution in [2.45, 2.75) is 19.4 Å². The predicted octanol–water partition coefficient (Wildman–Crippen LogP) is 0.906. The summed E-state index contributed by atoms with van der Waals surface area (Å²) >= 11 is 0. The third-order valence-electron chi connectivity index (χ3n) is 2.79. The van der Waals surface area contributed by atoms with Gasteiger partial charge in [0.1, 0.15) is 0 Å². The van der Waals surface area contributed by atoms with Crippen LogP contribution in [0.25, 0.3) is 0 Å². The van der Waals surface area contributed by atoms with Crippen LogP contribution in [0.2, 0.25) is 0 Å². The Kier molecular flexibility index (Phi) is 2.92. The fourth-order valence-electron chi connectivity index (χ4n) is 1.99. The van der Waals surface area contributed by atoms with Gasteiger partial charge in [0.05, 0.1) is 0 Å². The monoisotopic (exact) mass is 219 g/mol. The molecule has 0 atom stereocenters. The van der Waals surface area contributed by atoms with Crippen LogP contribution in [-0.4, -0.2) is 41.0 Å². The van der Waals surface area contributed by atoms with Crippen LogP contribution in [0.5, 0.6) is 0 Å². The molecule has 0 aromatic carbocycles. The van der Waals surface area contributed by atoms with Crippen LogP contribution >= 0.6 is 0 Å². The van der Waals surface area contributed by atoms with Crippen LogP contribution < -0.4 is 5.32 Å². The fraction of sp³-hybridized carbons (Fsp3) is 0.500. The van der Waals surface area contributed by atoms with Crippen molar-refractivity contribution in [1.29, 1.82) is 0 Å². The van der Waals surface area contributed by atoms with Crippen molar-refractivity contribution in [2.24, 2.45) is 0 Å². The Balaban J connectivity index is 2.11. The van der Waals surface area contributed by atoms with Gasteiger partial charge >= 0.3 is 0 Å². The summed E-state index contributed by atoms with van der Waals surface area (Å²) in [6, 6.07) is 3.52. The van der Waals surface area contributed by atoms with E-state index < -0.39 is 0 Å². The molecular weight excluding hydrogens is 202 g/mol. The number of rotatable bonds is 1. The summed E-state index contributed by atoms with van der Waals surface area (Å²) in [6.07, 6.45) is 3.31. The zero-order valence-corrected chi connectivity index (χ0v) is 9.73. The Morgan fingerprint density at radius 2 is 2.12 bits per heavy atom. The van der Waals surface area contributed by atoms with E-state index in [1.54, 1.807) is 24.5 Å². The molecule has 4 heteroatoms. The molecule has 0 radical (unpaired) electrons. The van der Waals surface area contributed by atoms with Crippen molar-refractivity contribution in [3.63, 3.8) is 0 Å². The largest absolute Gasteiger partial charge is 0.336 e. The molecule has 0 spiro atoms. The lowest BCUT2D eigenvalue weighted by molar-refractivity contribution is 0.0652. The highest BCUT2D eigenvalue weighted by atomic mass is 16.2. The molecule has 1 aliphatic rings. The van der Waals surface area contributed by atoms with Gasteiger partial charge in [-0.1, -0.05) is 0 Å². The lowest BCUT2D eigenvalue weighted by Crippen LogP contribution is -2.58. The molecule has 1 saturated heterocycles. The van der Waals surface area contributed by atoms with Gasteiger partial charge < -0.3 is 10.2 Å². The third kappa shape index (κ3) is 2.39. The van der Waals surface area contributed by atoms with E-state index in [0.29, 0.717) is 5.56 Å². The number of aromatic nitrogens is 1. The normalized spacial score (nSPS) is 19.5. The first-order valence-electron chi connectivity index (χ1n) is 5.53. The van der Waals surface area contributed by atoms with Gasteiger partial charge in [0.25, 0.3) is 5.91 Å². The molecule has 2 rings (SSSR count). The zero-order chi connectivity index (χ0) is 11.6. The highest BCUT2D eigenvalue weighted by molar-refractivity contribution is 5.94. The van der Waals surface area contributed by atoms with Crippen LogP contribution in [0.3, 0.4) is 0 Å².